The molecule has 0 unspecified atom stereocenters. The van der Waals surface area contributed by atoms with Gasteiger partial charge in [0.15, 0.2) is 0 Å². The van der Waals surface area contributed by atoms with Crippen LogP contribution in [0.2, 0.25) is 5.02 Å². The first kappa shape index (κ1) is 25.7. The molecule has 5 nitrogen and oxygen atoms in total. The van der Waals surface area contributed by atoms with Crippen molar-refractivity contribution >= 4 is 40.6 Å². The minimum atomic E-state index is -0.160. The first-order chi connectivity index (χ1) is 17.9. The molecule has 0 N–H and O–H groups in total. The van der Waals surface area contributed by atoms with E-state index in [0.29, 0.717) is 29.0 Å². The van der Waals surface area contributed by atoms with Crippen molar-refractivity contribution in [2.45, 2.75) is 52.6 Å². The Kier molecular flexibility index (Phi) is 7.77. The summed E-state index contributed by atoms with van der Waals surface area (Å²) in [7, 11) is 0. The largest absolute Gasteiger partial charge is 0.489 e. The zero-order valence-electron chi connectivity index (χ0n) is 21.2. The molecule has 0 radical (unpaired) electrons. The van der Waals surface area contributed by atoms with Gasteiger partial charge in [-0.25, -0.2) is 0 Å². The fourth-order valence-electron chi connectivity index (χ4n) is 5.20. The molecule has 192 valence electrons. The van der Waals surface area contributed by atoms with Crippen LogP contribution >= 0.6 is 23.4 Å². The smallest absolute Gasteiger partial charge is 0.293 e. The van der Waals surface area contributed by atoms with Crippen molar-refractivity contribution in [3.8, 4) is 11.4 Å². The van der Waals surface area contributed by atoms with Crippen LogP contribution in [0.25, 0.3) is 11.8 Å². The lowest BCUT2D eigenvalue weighted by atomic mass is 9.89. The molecule has 0 atom stereocenters. The lowest BCUT2D eigenvalue weighted by Crippen LogP contribution is -2.34. The number of aryl methyl sites for hydroxylation is 1. The molecular weight excluding hydrogens is 504 g/mol. The maximum Gasteiger partial charge on any atom is 0.293 e. The SMILES string of the molecule is Cc1cc(/C=C2/SC(=O)N(CC3CCCCC3)C2=O)c(C)n1-c1ccc(OCc2ccc(Cl)cc2)cc1. The van der Waals surface area contributed by atoms with Gasteiger partial charge in [0.25, 0.3) is 11.1 Å². The molecule has 7 heteroatoms. The molecule has 0 spiro atoms. The second kappa shape index (κ2) is 11.2. The molecule has 0 bridgehead atoms. The van der Waals surface area contributed by atoms with E-state index < -0.39 is 0 Å². The highest BCUT2D eigenvalue weighted by Crippen LogP contribution is 2.36. The maximum absolute atomic E-state index is 13.1. The number of thioether (sulfide) groups is 1. The van der Waals surface area contributed by atoms with E-state index in [1.807, 2.05) is 68.5 Å². The van der Waals surface area contributed by atoms with E-state index in [4.69, 9.17) is 16.3 Å². The van der Waals surface area contributed by atoms with Gasteiger partial charge in [0.1, 0.15) is 12.4 Å². The Balaban J connectivity index is 1.29. The molecule has 2 aromatic carbocycles. The van der Waals surface area contributed by atoms with E-state index in [2.05, 4.69) is 10.6 Å². The number of aromatic nitrogens is 1. The minimum absolute atomic E-state index is 0.148. The van der Waals surface area contributed by atoms with Crippen LogP contribution in [0, 0.1) is 19.8 Å². The molecule has 1 aliphatic carbocycles. The molecule has 2 amide bonds. The maximum atomic E-state index is 13.1. The fourth-order valence-corrected chi connectivity index (χ4v) is 6.16. The summed E-state index contributed by atoms with van der Waals surface area (Å²) < 4.78 is 8.08. The third kappa shape index (κ3) is 5.81. The van der Waals surface area contributed by atoms with E-state index in [9.17, 15) is 9.59 Å². The zero-order chi connectivity index (χ0) is 25.9. The highest BCUT2D eigenvalue weighted by molar-refractivity contribution is 8.18. The van der Waals surface area contributed by atoms with Crippen LogP contribution in [0.3, 0.4) is 0 Å². The number of hydrogen-bond acceptors (Lipinski definition) is 4. The third-order valence-electron chi connectivity index (χ3n) is 7.21. The standard InChI is InChI=1S/C30H31ClN2O3S/c1-20-16-24(17-28-29(34)32(30(35)37-28)18-22-6-4-3-5-7-22)21(2)33(20)26-12-14-27(15-13-26)36-19-23-8-10-25(31)11-9-23/h8-17,22H,3-7,18-19H2,1-2H3/b28-17+. The Morgan fingerprint density at radius 3 is 2.41 bits per heavy atom. The van der Waals surface area contributed by atoms with E-state index >= 15 is 0 Å². The first-order valence-corrected chi connectivity index (χ1v) is 14.0. The van der Waals surface area contributed by atoms with Crippen LogP contribution in [0.4, 0.5) is 4.79 Å². The average Bonchev–Trinajstić information content (AvgIpc) is 3.33. The fraction of sp³-hybridized carbons (Fsp3) is 0.333. The van der Waals surface area contributed by atoms with Crippen LogP contribution in [0.5, 0.6) is 5.75 Å². The molecular formula is C30H31ClN2O3S. The van der Waals surface area contributed by atoms with E-state index in [1.54, 1.807) is 0 Å². The Labute approximate surface area is 227 Å². The van der Waals surface area contributed by atoms with Gasteiger partial charge in [-0.15, -0.1) is 0 Å². The van der Waals surface area contributed by atoms with Gasteiger partial charge >= 0.3 is 0 Å². The monoisotopic (exact) mass is 534 g/mol. The number of nitrogens with zero attached hydrogens (tertiary/aromatic N) is 2. The summed E-state index contributed by atoms with van der Waals surface area (Å²) >= 11 is 7.01. The number of carbonyl (C=O) groups is 2. The number of carbonyl (C=O) groups excluding carboxylic acids is 2. The molecule has 1 aliphatic heterocycles. The van der Waals surface area contributed by atoms with Crippen LogP contribution < -0.4 is 4.74 Å². The van der Waals surface area contributed by atoms with Crippen LogP contribution in [-0.2, 0) is 11.4 Å². The van der Waals surface area contributed by atoms with Crippen molar-refractivity contribution in [2.75, 3.05) is 6.54 Å². The van der Waals surface area contributed by atoms with Gasteiger partial charge in [0.2, 0.25) is 0 Å². The van der Waals surface area contributed by atoms with Crippen molar-refractivity contribution < 1.29 is 14.3 Å². The summed E-state index contributed by atoms with van der Waals surface area (Å²) in [6.07, 6.45) is 7.72. The molecule has 5 rings (SSSR count). The number of halogens is 1. The van der Waals surface area contributed by atoms with Gasteiger partial charge in [0, 0.05) is 28.6 Å². The van der Waals surface area contributed by atoms with Crippen molar-refractivity contribution in [2.24, 2.45) is 5.92 Å². The first-order valence-electron chi connectivity index (χ1n) is 12.8. The van der Waals surface area contributed by atoms with E-state index in [1.165, 1.54) is 24.2 Å². The van der Waals surface area contributed by atoms with Gasteiger partial charge in [-0.1, -0.05) is 43.0 Å². The van der Waals surface area contributed by atoms with Gasteiger partial charge < -0.3 is 9.30 Å². The van der Waals surface area contributed by atoms with Crippen molar-refractivity contribution in [3.63, 3.8) is 0 Å². The van der Waals surface area contributed by atoms with Crippen LogP contribution in [0.1, 0.15) is 54.6 Å². The summed E-state index contributed by atoms with van der Waals surface area (Å²) in [6.45, 7) is 5.10. The number of benzene rings is 2. The van der Waals surface area contributed by atoms with Crippen LogP contribution in [-0.4, -0.2) is 27.2 Å². The molecule has 3 aromatic rings. The summed E-state index contributed by atoms with van der Waals surface area (Å²) in [5.74, 6) is 1.06. The Bertz CT molecular complexity index is 1320. The number of rotatable bonds is 7. The number of ether oxygens (including phenoxy) is 1. The summed E-state index contributed by atoms with van der Waals surface area (Å²) in [4.78, 5) is 27.7. The summed E-state index contributed by atoms with van der Waals surface area (Å²) in [5.41, 5.74) is 5.09. The third-order valence-corrected chi connectivity index (χ3v) is 8.37. The lowest BCUT2D eigenvalue weighted by Gasteiger charge is -2.25. The Hall–Kier alpha value is -2.96. The Morgan fingerprint density at radius 1 is 1.00 bits per heavy atom. The van der Waals surface area contributed by atoms with E-state index in [0.717, 1.165) is 58.6 Å². The topological polar surface area (TPSA) is 51.5 Å². The van der Waals surface area contributed by atoms with Crippen molar-refractivity contribution in [1.29, 1.82) is 0 Å². The Morgan fingerprint density at radius 2 is 1.70 bits per heavy atom. The van der Waals surface area contributed by atoms with E-state index in [-0.39, 0.29) is 11.1 Å². The summed E-state index contributed by atoms with van der Waals surface area (Å²) in [5, 5.41) is 0.560. The molecule has 1 saturated carbocycles. The molecule has 1 saturated heterocycles. The van der Waals surface area contributed by atoms with Crippen LogP contribution in [0.15, 0.2) is 59.5 Å². The average molecular weight is 535 g/mol. The molecule has 2 heterocycles. The normalized spacial score (nSPS) is 17.7. The molecule has 37 heavy (non-hydrogen) atoms. The molecule has 2 fully saturated rings. The minimum Gasteiger partial charge on any atom is -0.489 e. The predicted molar refractivity (Wildman–Crippen MR) is 150 cm³/mol. The predicted octanol–water partition coefficient (Wildman–Crippen LogP) is 7.94. The van der Waals surface area contributed by atoms with Gasteiger partial charge in [-0.05, 0) is 104 Å². The second-order valence-electron chi connectivity index (χ2n) is 9.87. The quantitative estimate of drug-likeness (QED) is 0.289. The number of amides is 2. The van der Waals surface area contributed by atoms with Crippen molar-refractivity contribution in [3.05, 3.63) is 87.0 Å². The highest BCUT2D eigenvalue weighted by Gasteiger charge is 2.36. The lowest BCUT2D eigenvalue weighted by molar-refractivity contribution is -0.123. The number of hydrogen-bond donors (Lipinski definition) is 0. The summed E-state index contributed by atoms with van der Waals surface area (Å²) in [6, 6.07) is 17.7. The van der Waals surface area contributed by atoms with Gasteiger partial charge in [-0.3, -0.25) is 14.5 Å². The highest BCUT2D eigenvalue weighted by atomic mass is 35.5. The van der Waals surface area contributed by atoms with Gasteiger partial charge in [-0.2, -0.15) is 0 Å². The number of imide groups is 1. The second-order valence-corrected chi connectivity index (χ2v) is 11.3. The molecule has 1 aromatic heterocycles. The van der Waals surface area contributed by atoms with Gasteiger partial charge in [0.05, 0.1) is 4.91 Å². The zero-order valence-corrected chi connectivity index (χ0v) is 22.8. The molecule has 2 aliphatic rings. The van der Waals surface area contributed by atoms with Crippen molar-refractivity contribution in [1.82, 2.24) is 9.47 Å².